The topological polar surface area (TPSA) is 56.8 Å². The van der Waals surface area contributed by atoms with E-state index in [9.17, 15) is 4.79 Å². The highest BCUT2D eigenvalue weighted by molar-refractivity contribution is 9.10. The van der Waals surface area contributed by atoms with E-state index in [1.165, 1.54) is 0 Å². The summed E-state index contributed by atoms with van der Waals surface area (Å²) in [6, 6.07) is 12.7. The molecule has 0 atom stereocenters. The van der Waals surface area contributed by atoms with E-state index in [4.69, 9.17) is 14.2 Å². The normalized spacial score (nSPS) is 12.0. The summed E-state index contributed by atoms with van der Waals surface area (Å²) in [5, 5.41) is 2.65. The van der Waals surface area contributed by atoms with E-state index in [0.717, 1.165) is 10.0 Å². The van der Waals surface area contributed by atoms with Gasteiger partial charge in [0.15, 0.2) is 11.5 Å². The van der Waals surface area contributed by atoms with Crippen molar-refractivity contribution < 1.29 is 19.0 Å². The fraction of sp³-hybridized carbons (Fsp3) is 0.133. The predicted molar refractivity (Wildman–Crippen MR) is 80.5 cm³/mol. The van der Waals surface area contributed by atoms with E-state index in [2.05, 4.69) is 21.2 Å². The van der Waals surface area contributed by atoms with Crippen molar-refractivity contribution in [3.05, 3.63) is 52.5 Å². The quantitative estimate of drug-likeness (QED) is 0.912. The van der Waals surface area contributed by atoms with Gasteiger partial charge in [-0.25, -0.2) is 4.79 Å². The number of halogens is 1. The van der Waals surface area contributed by atoms with Crippen LogP contribution in [0, 0.1) is 0 Å². The number of carbonyl (C=O) groups excluding carboxylic acids is 1. The number of fused-ring (bicyclic) bond motifs is 1. The van der Waals surface area contributed by atoms with Crippen LogP contribution in [0.5, 0.6) is 11.5 Å². The predicted octanol–water partition coefficient (Wildman–Crippen LogP) is 3.93. The Kier molecular flexibility index (Phi) is 3.96. The number of amides is 1. The molecule has 0 aromatic heterocycles. The molecule has 0 saturated carbocycles. The van der Waals surface area contributed by atoms with Crippen LogP contribution in [-0.2, 0) is 11.3 Å². The van der Waals surface area contributed by atoms with Crippen molar-refractivity contribution in [3.63, 3.8) is 0 Å². The number of rotatable bonds is 3. The third-order valence-electron chi connectivity index (χ3n) is 2.90. The molecule has 0 fully saturated rings. The molecule has 0 bridgehead atoms. The molecule has 2 aromatic rings. The van der Waals surface area contributed by atoms with Gasteiger partial charge in [-0.1, -0.05) is 22.0 Å². The summed E-state index contributed by atoms with van der Waals surface area (Å²) in [5.41, 5.74) is 1.51. The van der Waals surface area contributed by atoms with Crippen LogP contribution < -0.4 is 14.8 Å². The van der Waals surface area contributed by atoms with Crippen molar-refractivity contribution in [1.82, 2.24) is 0 Å². The maximum absolute atomic E-state index is 11.7. The maximum Gasteiger partial charge on any atom is 0.411 e. The molecule has 1 N–H and O–H groups in total. The van der Waals surface area contributed by atoms with Gasteiger partial charge in [-0.2, -0.15) is 0 Å². The van der Waals surface area contributed by atoms with Gasteiger partial charge in [0.05, 0.1) is 0 Å². The summed E-state index contributed by atoms with van der Waals surface area (Å²) in [6.45, 7) is 0.392. The molecule has 108 valence electrons. The Balaban J connectivity index is 1.55. The molecule has 1 amide bonds. The lowest BCUT2D eigenvalue weighted by Crippen LogP contribution is -2.13. The van der Waals surface area contributed by atoms with E-state index in [-0.39, 0.29) is 13.4 Å². The van der Waals surface area contributed by atoms with Crippen molar-refractivity contribution in [2.24, 2.45) is 0 Å². The Hall–Kier alpha value is -2.21. The molecule has 3 rings (SSSR count). The van der Waals surface area contributed by atoms with Crippen LogP contribution in [0.2, 0.25) is 0 Å². The minimum Gasteiger partial charge on any atom is -0.454 e. The summed E-state index contributed by atoms with van der Waals surface area (Å²) in [6.07, 6.45) is -0.505. The van der Waals surface area contributed by atoms with E-state index >= 15 is 0 Å². The Labute approximate surface area is 129 Å². The minimum atomic E-state index is -0.505. The first-order valence-electron chi connectivity index (χ1n) is 6.28. The highest BCUT2D eigenvalue weighted by atomic mass is 79.9. The number of nitrogens with one attached hydrogen (secondary N) is 1. The lowest BCUT2D eigenvalue weighted by molar-refractivity contribution is 0.154. The molecule has 1 aliphatic heterocycles. The first-order chi connectivity index (χ1) is 10.2. The summed E-state index contributed by atoms with van der Waals surface area (Å²) < 4.78 is 16.6. The second-order valence-electron chi connectivity index (χ2n) is 4.40. The van der Waals surface area contributed by atoms with Gasteiger partial charge in [0, 0.05) is 10.2 Å². The van der Waals surface area contributed by atoms with Gasteiger partial charge in [-0.15, -0.1) is 0 Å². The standard InChI is InChI=1S/C15H12BrNO4/c16-11-2-4-12(5-3-11)17-15(18)19-8-10-1-6-13-14(7-10)21-9-20-13/h1-7H,8-9H2,(H,17,18). The molecular formula is C15H12BrNO4. The monoisotopic (exact) mass is 349 g/mol. The summed E-state index contributed by atoms with van der Waals surface area (Å²) in [5.74, 6) is 1.38. The molecule has 5 nitrogen and oxygen atoms in total. The lowest BCUT2D eigenvalue weighted by Gasteiger charge is -2.07. The van der Waals surface area contributed by atoms with E-state index in [0.29, 0.717) is 17.2 Å². The van der Waals surface area contributed by atoms with Gasteiger partial charge < -0.3 is 14.2 Å². The van der Waals surface area contributed by atoms with E-state index in [1.807, 2.05) is 18.2 Å². The van der Waals surface area contributed by atoms with Crippen molar-refractivity contribution in [2.75, 3.05) is 12.1 Å². The van der Waals surface area contributed by atoms with Crippen LogP contribution in [0.1, 0.15) is 5.56 Å². The molecule has 0 spiro atoms. The smallest absolute Gasteiger partial charge is 0.411 e. The molecule has 0 aliphatic carbocycles. The Morgan fingerprint density at radius 1 is 1.14 bits per heavy atom. The fourth-order valence-electron chi connectivity index (χ4n) is 1.87. The summed E-state index contributed by atoms with van der Waals surface area (Å²) in [7, 11) is 0. The van der Waals surface area contributed by atoms with Crippen LogP contribution in [-0.4, -0.2) is 12.9 Å². The van der Waals surface area contributed by atoms with Crippen LogP contribution in [0.3, 0.4) is 0 Å². The van der Waals surface area contributed by atoms with Crippen LogP contribution >= 0.6 is 15.9 Å². The molecule has 1 aliphatic rings. The summed E-state index contributed by atoms with van der Waals surface area (Å²) >= 11 is 3.33. The third-order valence-corrected chi connectivity index (χ3v) is 3.43. The number of ether oxygens (including phenoxy) is 3. The van der Waals surface area contributed by atoms with Gasteiger partial charge in [0.2, 0.25) is 6.79 Å². The molecule has 0 radical (unpaired) electrons. The zero-order valence-electron chi connectivity index (χ0n) is 11.0. The van der Waals surface area contributed by atoms with Crippen molar-refractivity contribution in [1.29, 1.82) is 0 Å². The van der Waals surface area contributed by atoms with Crippen molar-refractivity contribution >= 4 is 27.7 Å². The maximum atomic E-state index is 11.7. The number of carbonyl (C=O) groups is 1. The van der Waals surface area contributed by atoms with Crippen LogP contribution in [0.15, 0.2) is 46.9 Å². The average molecular weight is 350 g/mol. The highest BCUT2D eigenvalue weighted by Crippen LogP contribution is 2.32. The Bertz CT molecular complexity index is 657. The zero-order chi connectivity index (χ0) is 14.7. The molecule has 1 heterocycles. The number of hydrogen-bond donors (Lipinski definition) is 1. The van der Waals surface area contributed by atoms with Crippen LogP contribution in [0.4, 0.5) is 10.5 Å². The van der Waals surface area contributed by atoms with E-state index in [1.54, 1.807) is 24.3 Å². The van der Waals surface area contributed by atoms with Crippen LogP contribution in [0.25, 0.3) is 0 Å². The Morgan fingerprint density at radius 3 is 2.71 bits per heavy atom. The average Bonchev–Trinajstić information content (AvgIpc) is 2.95. The number of anilines is 1. The molecular weight excluding hydrogens is 338 g/mol. The largest absolute Gasteiger partial charge is 0.454 e. The van der Waals surface area contributed by atoms with Gasteiger partial charge in [-0.3, -0.25) is 5.32 Å². The van der Waals surface area contributed by atoms with Gasteiger partial charge in [-0.05, 0) is 42.0 Å². The second-order valence-corrected chi connectivity index (χ2v) is 5.31. The molecule has 0 saturated heterocycles. The number of benzene rings is 2. The molecule has 2 aromatic carbocycles. The Morgan fingerprint density at radius 2 is 1.90 bits per heavy atom. The first kappa shape index (κ1) is 13.8. The molecule has 0 unspecified atom stereocenters. The van der Waals surface area contributed by atoms with Gasteiger partial charge >= 0.3 is 6.09 Å². The van der Waals surface area contributed by atoms with Gasteiger partial charge in [0.1, 0.15) is 6.61 Å². The highest BCUT2D eigenvalue weighted by Gasteiger charge is 2.13. The van der Waals surface area contributed by atoms with Gasteiger partial charge in [0.25, 0.3) is 0 Å². The summed E-state index contributed by atoms with van der Waals surface area (Å²) in [4.78, 5) is 11.7. The SMILES string of the molecule is O=C(Nc1ccc(Br)cc1)OCc1ccc2c(c1)OCO2. The second kappa shape index (κ2) is 6.05. The lowest BCUT2D eigenvalue weighted by atomic mass is 10.2. The molecule has 6 heteroatoms. The third kappa shape index (κ3) is 3.46. The fourth-order valence-corrected chi connectivity index (χ4v) is 2.13. The zero-order valence-corrected chi connectivity index (χ0v) is 12.6. The minimum absolute atomic E-state index is 0.166. The molecule has 21 heavy (non-hydrogen) atoms. The number of hydrogen-bond acceptors (Lipinski definition) is 4. The van der Waals surface area contributed by atoms with E-state index < -0.39 is 6.09 Å². The van der Waals surface area contributed by atoms with Crippen molar-refractivity contribution in [3.8, 4) is 11.5 Å². The first-order valence-corrected chi connectivity index (χ1v) is 7.08. The van der Waals surface area contributed by atoms with Crippen molar-refractivity contribution in [2.45, 2.75) is 6.61 Å².